The highest BCUT2D eigenvalue weighted by atomic mass is 16.5. The average Bonchev–Trinajstić information content (AvgIpc) is 2.51. The van der Waals surface area contributed by atoms with Gasteiger partial charge in [0.05, 0.1) is 13.7 Å². The van der Waals surface area contributed by atoms with E-state index in [1.807, 2.05) is 25.1 Å². The lowest BCUT2D eigenvalue weighted by Crippen LogP contribution is -2.44. The molecule has 0 bridgehead atoms. The molecule has 0 spiro atoms. The Bertz CT molecular complexity index is 503. The molecular formula is C16H23NO4. The van der Waals surface area contributed by atoms with E-state index in [2.05, 4.69) is 5.32 Å². The van der Waals surface area contributed by atoms with Crippen LogP contribution in [-0.4, -0.2) is 37.9 Å². The van der Waals surface area contributed by atoms with Crippen LogP contribution < -0.4 is 10.1 Å². The number of amides is 1. The molecule has 0 aromatic heterocycles. The van der Waals surface area contributed by atoms with Crippen LogP contribution >= 0.6 is 0 Å². The van der Waals surface area contributed by atoms with Gasteiger partial charge in [-0.25, -0.2) is 0 Å². The highest BCUT2D eigenvalue weighted by Crippen LogP contribution is 2.36. The number of aryl methyl sites for hydroxylation is 1. The van der Waals surface area contributed by atoms with Crippen molar-refractivity contribution < 1.29 is 19.4 Å². The number of aliphatic hydroxyl groups is 1. The van der Waals surface area contributed by atoms with Gasteiger partial charge in [-0.2, -0.15) is 0 Å². The van der Waals surface area contributed by atoms with Gasteiger partial charge in [0.25, 0.3) is 0 Å². The number of rotatable bonds is 6. The predicted octanol–water partition coefficient (Wildman–Crippen LogP) is 1.37. The molecule has 2 rings (SSSR count). The number of nitrogens with one attached hydrogen (secondary N) is 1. The number of hydrogen-bond acceptors (Lipinski definition) is 4. The summed E-state index contributed by atoms with van der Waals surface area (Å²) in [5, 5.41) is 13.6. The minimum absolute atomic E-state index is 0.0298. The van der Waals surface area contributed by atoms with Crippen molar-refractivity contribution in [2.45, 2.75) is 31.8 Å². The van der Waals surface area contributed by atoms with Gasteiger partial charge >= 0.3 is 0 Å². The zero-order valence-corrected chi connectivity index (χ0v) is 12.6. The van der Waals surface area contributed by atoms with Gasteiger partial charge in [0.2, 0.25) is 5.91 Å². The number of carbonyl (C=O) groups excluding carboxylic acids is 1. The molecule has 1 atom stereocenters. The molecule has 21 heavy (non-hydrogen) atoms. The topological polar surface area (TPSA) is 67.8 Å². The van der Waals surface area contributed by atoms with Crippen molar-refractivity contribution in [2.75, 3.05) is 26.9 Å². The molecule has 1 aliphatic carbocycles. The van der Waals surface area contributed by atoms with Gasteiger partial charge in [0.1, 0.15) is 18.0 Å². The average molecular weight is 293 g/mol. The number of ether oxygens (including phenoxy) is 2. The minimum atomic E-state index is -1.01. The van der Waals surface area contributed by atoms with E-state index in [4.69, 9.17) is 9.47 Å². The van der Waals surface area contributed by atoms with E-state index in [1.54, 1.807) is 7.11 Å². The first-order chi connectivity index (χ1) is 10.1. The third-order valence-corrected chi connectivity index (χ3v) is 3.87. The van der Waals surface area contributed by atoms with Crippen LogP contribution in [0.15, 0.2) is 18.2 Å². The van der Waals surface area contributed by atoms with Crippen molar-refractivity contribution in [1.82, 2.24) is 5.32 Å². The van der Waals surface area contributed by atoms with E-state index in [0.29, 0.717) is 13.0 Å². The molecule has 0 radical (unpaired) electrons. The summed E-state index contributed by atoms with van der Waals surface area (Å²) in [7, 11) is 1.63. The fourth-order valence-electron chi connectivity index (χ4n) is 2.74. The van der Waals surface area contributed by atoms with Crippen molar-refractivity contribution in [1.29, 1.82) is 0 Å². The van der Waals surface area contributed by atoms with Gasteiger partial charge in [-0.1, -0.05) is 6.07 Å². The number of fused-ring (bicyclic) bond motifs is 1. The van der Waals surface area contributed by atoms with E-state index < -0.39 is 5.60 Å². The third-order valence-electron chi connectivity index (χ3n) is 3.87. The van der Waals surface area contributed by atoms with Crippen LogP contribution in [0.25, 0.3) is 0 Å². The van der Waals surface area contributed by atoms with Gasteiger partial charge in [-0.3, -0.25) is 4.79 Å². The Kier molecular flexibility index (Phi) is 5.20. The Morgan fingerprint density at radius 3 is 3.00 bits per heavy atom. The molecule has 1 aromatic rings. The quantitative estimate of drug-likeness (QED) is 0.831. The van der Waals surface area contributed by atoms with E-state index in [0.717, 1.165) is 29.7 Å². The molecule has 0 aliphatic heterocycles. The van der Waals surface area contributed by atoms with Crippen molar-refractivity contribution in [2.24, 2.45) is 0 Å². The Morgan fingerprint density at radius 2 is 2.29 bits per heavy atom. The minimum Gasteiger partial charge on any atom is -0.497 e. The van der Waals surface area contributed by atoms with Gasteiger partial charge in [0.15, 0.2) is 0 Å². The first-order valence-electron chi connectivity index (χ1n) is 7.33. The normalized spacial score (nSPS) is 20.7. The second kappa shape index (κ2) is 6.91. The van der Waals surface area contributed by atoms with Crippen molar-refractivity contribution in [3.8, 4) is 5.75 Å². The fraction of sp³-hybridized carbons (Fsp3) is 0.562. The highest BCUT2D eigenvalue weighted by Gasteiger charge is 2.34. The lowest BCUT2D eigenvalue weighted by molar-refractivity contribution is -0.127. The summed E-state index contributed by atoms with van der Waals surface area (Å²) in [5.74, 6) is 0.587. The van der Waals surface area contributed by atoms with Crippen molar-refractivity contribution >= 4 is 5.91 Å². The molecule has 0 saturated heterocycles. The summed E-state index contributed by atoms with van der Waals surface area (Å²) in [4.78, 5) is 11.6. The maximum atomic E-state index is 11.6. The Labute approximate surface area is 125 Å². The third kappa shape index (κ3) is 3.74. The number of hydrogen-bond donors (Lipinski definition) is 2. The molecule has 2 N–H and O–H groups in total. The van der Waals surface area contributed by atoms with E-state index in [-0.39, 0.29) is 19.1 Å². The first kappa shape index (κ1) is 15.8. The summed E-state index contributed by atoms with van der Waals surface area (Å²) in [5.41, 5.74) is 0.954. The second-order valence-electron chi connectivity index (χ2n) is 5.32. The van der Waals surface area contributed by atoms with Crippen LogP contribution in [-0.2, 0) is 21.6 Å². The lowest BCUT2D eigenvalue weighted by atomic mass is 9.79. The van der Waals surface area contributed by atoms with Gasteiger partial charge in [-0.05, 0) is 49.4 Å². The Hall–Kier alpha value is -1.59. The van der Waals surface area contributed by atoms with Crippen LogP contribution in [0.1, 0.15) is 30.9 Å². The SMILES string of the molecule is CCOCC(=O)NC[C@@]1(O)CCCc2cc(OC)ccc21. The standard InChI is InChI=1S/C16H23NO4/c1-3-21-10-15(18)17-11-16(19)8-4-5-12-9-13(20-2)6-7-14(12)16/h6-7,9,19H,3-5,8,10-11H2,1-2H3,(H,17,18)/t16-/m0/s1. The van der Waals surface area contributed by atoms with Crippen molar-refractivity contribution in [3.05, 3.63) is 29.3 Å². The molecule has 5 heteroatoms. The maximum absolute atomic E-state index is 11.6. The molecule has 0 saturated carbocycles. The van der Waals surface area contributed by atoms with Crippen LogP contribution in [0.5, 0.6) is 5.75 Å². The summed E-state index contributed by atoms with van der Waals surface area (Å²) in [6.45, 7) is 2.58. The molecule has 0 fully saturated rings. The monoisotopic (exact) mass is 293 g/mol. The van der Waals surface area contributed by atoms with Crippen LogP contribution in [0.2, 0.25) is 0 Å². The molecule has 1 aliphatic rings. The van der Waals surface area contributed by atoms with E-state index >= 15 is 0 Å². The zero-order valence-electron chi connectivity index (χ0n) is 12.6. The van der Waals surface area contributed by atoms with Crippen LogP contribution in [0.3, 0.4) is 0 Å². The summed E-state index contributed by atoms with van der Waals surface area (Å²) >= 11 is 0. The Balaban J connectivity index is 2.08. The summed E-state index contributed by atoms with van der Waals surface area (Å²) < 4.78 is 10.3. The maximum Gasteiger partial charge on any atom is 0.246 e. The molecular weight excluding hydrogens is 270 g/mol. The first-order valence-corrected chi connectivity index (χ1v) is 7.33. The Morgan fingerprint density at radius 1 is 1.48 bits per heavy atom. The molecule has 1 aromatic carbocycles. The molecule has 116 valence electrons. The summed E-state index contributed by atoms with van der Waals surface area (Å²) in [6.07, 6.45) is 2.45. The highest BCUT2D eigenvalue weighted by molar-refractivity contribution is 5.77. The lowest BCUT2D eigenvalue weighted by Gasteiger charge is -2.34. The van der Waals surface area contributed by atoms with E-state index in [9.17, 15) is 9.90 Å². The molecule has 0 unspecified atom stereocenters. The van der Waals surface area contributed by atoms with Crippen LogP contribution in [0.4, 0.5) is 0 Å². The van der Waals surface area contributed by atoms with Crippen molar-refractivity contribution in [3.63, 3.8) is 0 Å². The molecule has 1 amide bonds. The zero-order chi connectivity index (χ0) is 15.3. The van der Waals surface area contributed by atoms with Gasteiger partial charge in [0, 0.05) is 6.61 Å². The largest absolute Gasteiger partial charge is 0.497 e. The fourth-order valence-corrected chi connectivity index (χ4v) is 2.74. The van der Waals surface area contributed by atoms with Crippen LogP contribution in [0, 0.1) is 0 Å². The number of methoxy groups -OCH3 is 1. The molecule has 5 nitrogen and oxygen atoms in total. The van der Waals surface area contributed by atoms with E-state index in [1.165, 1.54) is 0 Å². The number of carbonyl (C=O) groups is 1. The summed E-state index contributed by atoms with van der Waals surface area (Å²) in [6, 6.07) is 5.70. The predicted molar refractivity (Wildman–Crippen MR) is 79.3 cm³/mol. The number of benzene rings is 1. The van der Waals surface area contributed by atoms with Gasteiger partial charge < -0.3 is 19.9 Å². The smallest absolute Gasteiger partial charge is 0.246 e. The molecule has 0 heterocycles. The van der Waals surface area contributed by atoms with Gasteiger partial charge in [-0.15, -0.1) is 0 Å². The second-order valence-corrected chi connectivity index (χ2v) is 5.32.